The number of hydrogen-bond donors (Lipinski definition) is 1. The van der Waals surface area contributed by atoms with E-state index in [0.717, 1.165) is 10.9 Å². The summed E-state index contributed by atoms with van der Waals surface area (Å²) in [6.07, 6.45) is 1.93. The van der Waals surface area contributed by atoms with Gasteiger partial charge in [-0.2, -0.15) is 5.10 Å². The number of ether oxygens (including phenoxy) is 1. The first kappa shape index (κ1) is 8.87. The highest BCUT2D eigenvalue weighted by atomic mass is 16.5. The second kappa shape index (κ2) is 3.21. The van der Waals surface area contributed by atoms with E-state index in [4.69, 9.17) is 10.5 Å². The fourth-order valence-electron chi connectivity index (χ4n) is 1.47. The van der Waals surface area contributed by atoms with Gasteiger partial charge in [-0.25, -0.2) is 0 Å². The van der Waals surface area contributed by atoms with Crippen molar-refractivity contribution in [3.8, 4) is 5.75 Å². The van der Waals surface area contributed by atoms with Gasteiger partial charge in [0.05, 0.1) is 17.8 Å². The minimum atomic E-state index is 0.614. The van der Waals surface area contributed by atoms with E-state index in [-0.39, 0.29) is 0 Å². The summed E-state index contributed by atoms with van der Waals surface area (Å²) in [6, 6.07) is 3.75. The van der Waals surface area contributed by atoms with E-state index in [2.05, 4.69) is 5.10 Å². The molecule has 0 saturated carbocycles. The van der Waals surface area contributed by atoms with Crippen LogP contribution in [-0.4, -0.2) is 16.4 Å². The lowest BCUT2D eigenvalue weighted by Gasteiger charge is -2.05. The molecule has 0 atom stereocenters. The second-order valence-corrected chi connectivity index (χ2v) is 3.18. The van der Waals surface area contributed by atoms with Crippen molar-refractivity contribution in [3.05, 3.63) is 18.3 Å². The van der Waals surface area contributed by atoms with E-state index < -0.39 is 0 Å². The third kappa shape index (κ3) is 1.39. The Morgan fingerprint density at radius 3 is 3.00 bits per heavy atom. The maximum absolute atomic E-state index is 5.82. The highest BCUT2D eigenvalue weighted by Crippen LogP contribution is 2.26. The molecule has 0 bridgehead atoms. The number of nitrogen functional groups attached to an aromatic ring is 1. The Bertz CT molecular complexity index is 462. The minimum Gasteiger partial charge on any atom is -0.492 e. The van der Waals surface area contributed by atoms with E-state index in [1.807, 2.05) is 32.3 Å². The van der Waals surface area contributed by atoms with Crippen LogP contribution >= 0.6 is 0 Å². The third-order valence-electron chi connectivity index (χ3n) is 2.05. The van der Waals surface area contributed by atoms with Crippen molar-refractivity contribution in [2.45, 2.75) is 6.92 Å². The van der Waals surface area contributed by atoms with Crippen LogP contribution in [0.2, 0.25) is 0 Å². The van der Waals surface area contributed by atoms with E-state index >= 15 is 0 Å². The van der Waals surface area contributed by atoms with Gasteiger partial charge in [0.1, 0.15) is 5.75 Å². The molecule has 14 heavy (non-hydrogen) atoms. The second-order valence-electron chi connectivity index (χ2n) is 3.18. The van der Waals surface area contributed by atoms with Gasteiger partial charge in [0.2, 0.25) is 0 Å². The van der Waals surface area contributed by atoms with Crippen molar-refractivity contribution < 1.29 is 4.74 Å². The summed E-state index contributed by atoms with van der Waals surface area (Å²) in [5.74, 6) is 0.707. The first-order chi connectivity index (χ1) is 6.70. The quantitative estimate of drug-likeness (QED) is 0.733. The average molecular weight is 191 g/mol. The molecule has 0 aliphatic carbocycles. The van der Waals surface area contributed by atoms with Gasteiger partial charge in [-0.1, -0.05) is 0 Å². The minimum absolute atomic E-state index is 0.614. The molecule has 0 aliphatic rings. The Balaban J connectivity index is 2.58. The fourth-order valence-corrected chi connectivity index (χ4v) is 1.47. The van der Waals surface area contributed by atoms with Gasteiger partial charge in [0.25, 0.3) is 0 Å². The number of benzene rings is 1. The van der Waals surface area contributed by atoms with Gasteiger partial charge in [0.15, 0.2) is 0 Å². The summed E-state index contributed by atoms with van der Waals surface area (Å²) in [5, 5.41) is 5.31. The molecule has 1 aromatic carbocycles. The number of rotatable bonds is 2. The zero-order chi connectivity index (χ0) is 10.1. The molecule has 2 N–H and O–H groups in total. The number of nitrogens with zero attached hydrogens (tertiary/aromatic N) is 2. The number of hydrogen-bond acceptors (Lipinski definition) is 3. The van der Waals surface area contributed by atoms with Gasteiger partial charge in [-0.3, -0.25) is 4.68 Å². The van der Waals surface area contributed by atoms with Crippen molar-refractivity contribution in [2.75, 3.05) is 12.3 Å². The Labute approximate surface area is 82.3 Å². The Kier molecular flexibility index (Phi) is 2.04. The number of fused-ring (bicyclic) bond motifs is 1. The van der Waals surface area contributed by atoms with Crippen molar-refractivity contribution in [1.29, 1.82) is 0 Å². The zero-order valence-corrected chi connectivity index (χ0v) is 8.32. The van der Waals surface area contributed by atoms with Crippen LogP contribution in [0.5, 0.6) is 5.75 Å². The van der Waals surface area contributed by atoms with Crippen LogP contribution in [0.15, 0.2) is 18.3 Å². The van der Waals surface area contributed by atoms with Crippen LogP contribution in [0.4, 0.5) is 5.69 Å². The predicted molar refractivity (Wildman–Crippen MR) is 56.3 cm³/mol. The van der Waals surface area contributed by atoms with Crippen LogP contribution in [0.3, 0.4) is 0 Å². The Morgan fingerprint density at radius 1 is 1.50 bits per heavy atom. The molecular weight excluding hydrogens is 178 g/mol. The molecule has 4 heteroatoms. The van der Waals surface area contributed by atoms with Crippen LogP contribution in [0, 0.1) is 0 Å². The summed E-state index contributed by atoms with van der Waals surface area (Å²) >= 11 is 0. The topological polar surface area (TPSA) is 53.1 Å². The van der Waals surface area contributed by atoms with Crippen LogP contribution < -0.4 is 10.5 Å². The predicted octanol–water partition coefficient (Wildman–Crippen LogP) is 1.55. The van der Waals surface area contributed by atoms with Crippen molar-refractivity contribution in [3.63, 3.8) is 0 Å². The molecule has 4 nitrogen and oxygen atoms in total. The van der Waals surface area contributed by atoms with Gasteiger partial charge >= 0.3 is 0 Å². The molecule has 0 aliphatic heterocycles. The molecule has 1 heterocycles. The van der Waals surface area contributed by atoms with Crippen LogP contribution in [0.1, 0.15) is 6.92 Å². The zero-order valence-electron chi connectivity index (χ0n) is 8.32. The number of nitrogens with two attached hydrogens (primary N) is 1. The van der Waals surface area contributed by atoms with Gasteiger partial charge in [0, 0.05) is 24.7 Å². The number of aryl methyl sites for hydroxylation is 1. The smallest absolute Gasteiger partial charge is 0.144 e. The van der Waals surface area contributed by atoms with E-state index in [1.165, 1.54) is 0 Å². The molecule has 0 fully saturated rings. The summed E-state index contributed by atoms with van der Waals surface area (Å²) in [4.78, 5) is 0. The van der Waals surface area contributed by atoms with E-state index in [1.54, 1.807) is 4.68 Å². The first-order valence-electron chi connectivity index (χ1n) is 4.56. The maximum Gasteiger partial charge on any atom is 0.144 e. The largest absolute Gasteiger partial charge is 0.492 e. The average Bonchev–Trinajstić information content (AvgIpc) is 2.45. The lowest BCUT2D eigenvalue weighted by molar-refractivity contribution is 0.342. The first-order valence-corrected chi connectivity index (χ1v) is 4.56. The lowest BCUT2D eigenvalue weighted by atomic mass is 10.2. The molecular formula is C10H13N3O. The third-order valence-corrected chi connectivity index (χ3v) is 2.05. The SMILES string of the molecule is CCOc1cc2nn(C)cc2cc1N. The van der Waals surface area contributed by atoms with Crippen LogP contribution in [0.25, 0.3) is 10.9 Å². The molecule has 0 saturated heterocycles. The molecule has 0 amide bonds. The van der Waals surface area contributed by atoms with Crippen molar-refractivity contribution >= 4 is 16.6 Å². The normalized spacial score (nSPS) is 10.7. The molecule has 74 valence electrons. The monoisotopic (exact) mass is 191 g/mol. The van der Waals surface area contributed by atoms with Crippen molar-refractivity contribution in [2.24, 2.45) is 7.05 Å². The molecule has 2 rings (SSSR count). The highest BCUT2D eigenvalue weighted by Gasteiger charge is 2.05. The molecule has 0 radical (unpaired) electrons. The Morgan fingerprint density at radius 2 is 2.29 bits per heavy atom. The molecule has 0 unspecified atom stereocenters. The summed E-state index contributed by atoms with van der Waals surface area (Å²) < 4.78 is 7.14. The standard InChI is InChI=1S/C10H13N3O/c1-3-14-10-5-9-7(4-8(10)11)6-13(2)12-9/h4-6H,3,11H2,1-2H3. The number of aromatic nitrogens is 2. The van der Waals surface area contributed by atoms with Crippen LogP contribution in [-0.2, 0) is 7.05 Å². The summed E-state index contributed by atoms with van der Waals surface area (Å²) in [7, 11) is 1.89. The number of anilines is 1. The molecule has 1 aromatic heterocycles. The lowest BCUT2D eigenvalue weighted by Crippen LogP contribution is -1.96. The molecule has 0 spiro atoms. The molecule has 2 aromatic rings. The van der Waals surface area contributed by atoms with Gasteiger partial charge < -0.3 is 10.5 Å². The van der Waals surface area contributed by atoms with E-state index in [0.29, 0.717) is 18.0 Å². The Hall–Kier alpha value is -1.71. The van der Waals surface area contributed by atoms with E-state index in [9.17, 15) is 0 Å². The van der Waals surface area contributed by atoms with Gasteiger partial charge in [-0.05, 0) is 13.0 Å². The maximum atomic E-state index is 5.82. The van der Waals surface area contributed by atoms with Gasteiger partial charge in [-0.15, -0.1) is 0 Å². The summed E-state index contributed by atoms with van der Waals surface area (Å²) in [5.41, 5.74) is 7.39. The highest BCUT2D eigenvalue weighted by molar-refractivity contribution is 5.84. The summed E-state index contributed by atoms with van der Waals surface area (Å²) in [6.45, 7) is 2.55. The fraction of sp³-hybridized carbons (Fsp3) is 0.300. The van der Waals surface area contributed by atoms with Crippen molar-refractivity contribution in [1.82, 2.24) is 9.78 Å².